The molecular formula is C29H29N7O4S. The highest BCUT2D eigenvalue weighted by Crippen LogP contribution is 2.47. The minimum absolute atomic E-state index is 0.137. The number of carboxylic acids is 1. The first kappa shape index (κ1) is 25.6. The number of anilines is 1. The predicted molar refractivity (Wildman–Crippen MR) is 153 cm³/mol. The zero-order valence-corrected chi connectivity index (χ0v) is 23.4. The number of nitrogens with zero attached hydrogens (tertiary/aromatic N) is 6. The predicted octanol–water partition coefficient (Wildman–Crippen LogP) is 4.23. The van der Waals surface area contributed by atoms with Crippen LogP contribution in [-0.4, -0.2) is 54.0 Å². The number of aromatic nitrogens is 6. The number of aliphatic carboxylic acids is 1. The molecule has 3 aliphatic carbocycles. The lowest BCUT2D eigenvalue weighted by atomic mass is 9.61. The first-order valence-electron chi connectivity index (χ1n) is 13.7. The molecule has 1 aromatic carbocycles. The average Bonchev–Trinajstić information content (AvgIpc) is 3.55. The normalized spacial score (nSPS) is 22.4. The van der Waals surface area contributed by atoms with E-state index in [1.165, 1.54) is 12.5 Å². The van der Waals surface area contributed by atoms with Crippen LogP contribution in [0.5, 0.6) is 0 Å². The Hall–Kier alpha value is -4.32. The molecule has 210 valence electrons. The summed E-state index contributed by atoms with van der Waals surface area (Å²) in [5, 5.41) is 14.9. The van der Waals surface area contributed by atoms with Gasteiger partial charge >= 0.3 is 5.97 Å². The lowest BCUT2D eigenvalue weighted by Gasteiger charge is -2.47. The molecule has 0 spiro atoms. The van der Waals surface area contributed by atoms with Gasteiger partial charge in [0.25, 0.3) is 10.0 Å². The zero-order valence-electron chi connectivity index (χ0n) is 22.6. The third-order valence-electron chi connectivity index (χ3n) is 8.79. The SMILES string of the molecule is Cc1ccc(S(=O)(=O)n2cc(-c3nc(NC4C5CCC(CC5)C4C(=O)O)c4ccn(C)c4n3)c3cncnc32)cc1. The van der Waals surface area contributed by atoms with Gasteiger partial charge in [-0.15, -0.1) is 0 Å². The number of fused-ring (bicyclic) bond motifs is 5. The summed E-state index contributed by atoms with van der Waals surface area (Å²) in [6.45, 7) is 1.90. The van der Waals surface area contributed by atoms with Crippen molar-refractivity contribution >= 4 is 43.9 Å². The van der Waals surface area contributed by atoms with Crippen LogP contribution in [0.15, 0.2) is 60.1 Å². The van der Waals surface area contributed by atoms with Gasteiger partial charge < -0.3 is 15.0 Å². The Morgan fingerprint density at radius 3 is 2.46 bits per heavy atom. The molecule has 41 heavy (non-hydrogen) atoms. The van der Waals surface area contributed by atoms with Crippen molar-refractivity contribution in [2.24, 2.45) is 24.8 Å². The average molecular weight is 572 g/mol. The Kier molecular flexibility index (Phi) is 5.86. The maximum atomic E-state index is 13.7. The third-order valence-corrected chi connectivity index (χ3v) is 10.5. The first-order chi connectivity index (χ1) is 19.7. The van der Waals surface area contributed by atoms with Gasteiger partial charge in [0.1, 0.15) is 17.8 Å². The van der Waals surface area contributed by atoms with E-state index in [2.05, 4.69) is 15.3 Å². The standard InChI is InChI=1S/C29H29N7O4S/c1-16-3-9-19(10-4-16)41(39,40)36-14-22(21-13-30-15-31-27(21)36)26-33-25(20-11-12-35(2)28(20)34-26)32-24-18-7-5-17(6-8-18)23(24)29(37)38/h3-4,9-15,17-18,23-24H,5-8H2,1-2H3,(H,37,38)(H,32,33,34). The topological polar surface area (TPSA) is 145 Å². The largest absolute Gasteiger partial charge is 0.481 e. The van der Waals surface area contributed by atoms with Gasteiger partial charge in [-0.2, -0.15) is 0 Å². The van der Waals surface area contributed by atoms with Crippen molar-refractivity contribution in [1.29, 1.82) is 0 Å². The van der Waals surface area contributed by atoms with Crippen LogP contribution in [0.1, 0.15) is 31.2 Å². The molecule has 11 nitrogen and oxygen atoms in total. The van der Waals surface area contributed by atoms with Crippen molar-refractivity contribution in [2.45, 2.75) is 43.5 Å². The summed E-state index contributed by atoms with van der Waals surface area (Å²) < 4.78 is 30.5. The van der Waals surface area contributed by atoms with E-state index in [1.54, 1.807) is 30.5 Å². The number of aryl methyl sites for hydroxylation is 2. The van der Waals surface area contributed by atoms with Crippen molar-refractivity contribution in [2.75, 3.05) is 5.32 Å². The van der Waals surface area contributed by atoms with Crippen LogP contribution in [0.25, 0.3) is 33.5 Å². The summed E-state index contributed by atoms with van der Waals surface area (Å²) >= 11 is 0. The van der Waals surface area contributed by atoms with Gasteiger partial charge in [0.2, 0.25) is 0 Å². The molecule has 2 N–H and O–H groups in total. The highest BCUT2D eigenvalue weighted by atomic mass is 32.2. The van der Waals surface area contributed by atoms with Gasteiger partial charge in [0, 0.05) is 42.6 Å². The molecule has 2 bridgehead atoms. The molecule has 12 heteroatoms. The Labute approximate surface area is 236 Å². The summed E-state index contributed by atoms with van der Waals surface area (Å²) in [6.07, 6.45) is 10.1. The third kappa shape index (κ3) is 4.07. The van der Waals surface area contributed by atoms with Crippen molar-refractivity contribution in [1.82, 2.24) is 28.5 Å². The highest BCUT2D eigenvalue weighted by molar-refractivity contribution is 7.90. The number of hydrogen-bond donors (Lipinski definition) is 2. The van der Waals surface area contributed by atoms with E-state index in [9.17, 15) is 18.3 Å². The lowest BCUT2D eigenvalue weighted by Crippen LogP contribution is -2.51. The van der Waals surface area contributed by atoms with E-state index in [4.69, 9.17) is 9.97 Å². The molecule has 4 heterocycles. The molecule has 3 aliphatic rings. The quantitative estimate of drug-likeness (QED) is 0.306. The fraction of sp³-hybridized carbons (Fsp3) is 0.345. The second-order valence-electron chi connectivity index (χ2n) is 11.2. The van der Waals surface area contributed by atoms with Crippen molar-refractivity contribution in [3.8, 4) is 11.4 Å². The number of carboxylic acid groups (broad SMARTS) is 1. The van der Waals surface area contributed by atoms with Crippen LogP contribution < -0.4 is 5.32 Å². The van der Waals surface area contributed by atoms with Crippen molar-refractivity contribution in [3.63, 3.8) is 0 Å². The molecule has 3 saturated carbocycles. The van der Waals surface area contributed by atoms with E-state index in [-0.39, 0.29) is 28.4 Å². The van der Waals surface area contributed by atoms with Crippen LogP contribution in [0, 0.1) is 24.7 Å². The monoisotopic (exact) mass is 571 g/mol. The second kappa shape index (κ2) is 9.37. The van der Waals surface area contributed by atoms with Gasteiger partial charge in [-0.25, -0.2) is 32.3 Å². The van der Waals surface area contributed by atoms with Crippen LogP contribution in [0.3, 0.4) is 0 Å². The summed E-state index contributed by atoms with van der Waals surface area (Å²) in [5.41, 5.74) is 2.27. The minimum atomic E-state index is -3.98. The maximum absolute atomic E-state index is 13.7. The molecule has 0 amide bonds. The number of benzene rings is 1. The van der Waals surface area contributed by atoms with E-state index in [1.807, 2.05) is 30.8 Å². The fourth-order valence-electron chi connectivity index (χ4n) is 6.66. The first-order valence-corrected chi connectivity index (χ1v) is 15.1. The number of rotatable bonds is 6. The van der Waals surface area contributed by atoms with Gasteiger partial charge in [0.05, 0.1) is 16.2 Å². The Morgan fingerprint density at radius 2 is 1.73 bits per heavy atom. The number of nitrogens with one attached hydrogen (secondary N) is 1. The highest BCUT2D eigenvalue weighted by Gasteiger charge is 2.47. The molecular weight excluding hydrogens is 542 g/mol. The van der Waals surface area contributed by atoms with Gasteiger partial charge in [0.15, 0.2) is 11.5 Å². The Bertz CT molecular complexity index is 1920. The summed E-state index contributed by atoms with van der Waals surface area (Å²) in [6, 6.07) is 8.30. The number of carbonyl (C=O) groups is 1. The van der Waals surface area contributed by atoms with Gasteiger partial charge in [-0.05, 0) is 62.6 Å². The molecule has 8 rings (SSSR count). The molecule has 3 fully saturated rings. The lowest BCUT2D eigenvalue weighted by molar-refractivity contribution is -0.148. The van der Waals surface area contributed by atoms with Gasteiger partial charge in [-0.1, -0.05) is 17.7 Å². The Morgan fingerprint density at radius 1 is 1.00 bits per heavy atom. The second-order valence-corrected chi connectivity index (χ2v) is 13.0. The molecule has 4 aromatic heterocycles. The molecule has 0 aliphatic heterocycles. The Balaban J connectivity index is 1.38. The van der Waals surface area contributed by atoms with Crippen LogP contribution in [0.2, 0.25) is 0 Å². The van der Waals surface area contributed by atoms with E-state index in [0.717, 1.165) is 40.6 Å². The zero-order chi connectivity index (χ0) is 28.5. The van der Waals surface area contributed by atoms with E-state index in [0.29, 0.717) is 28.2 Å². The van der Waals surface area contributed by atoms with E-state index >= 15 is 0 Å². The minimum Gasteiger partial charge on any atom is -0.481 e. The fourth-order valence-corrected chi connectivity index (χ4v) is 7.98. The van der Waals surface area contributed by atoms with Crippen molar-refractivity contribution in [3.05, 3.63) is 60.8 Å². The van der Waals surface area contributed by atoms with Crippen LogP contribution in [0.4, 0.5) is 5.82 Å². The summed E-state index contributed by atoms with van der Waals surface area (Å²) in [5.74, 6) is -0.0505. The summed E-state index contributed by atoms with van der Waals surface area (Å²) in [4.78, 5) is 30.7. The van der Waals surface area contributed by atoms with Crippen LogP contribution in [-0.2, 0) is 21.9 Å². The van der Waals surface area contributed by atoms with Crippen molar-refractivity contribution < 1.29 is 18.3 Å². The molecule has 0 radical (unpaired) electrons. The van der Waals surface area contributed by atoms with E-state index < -0.39 is 21.9 Å². The summed E-state index contributed by atoms with van der Waals surface area (Å²) in [7, 11) is -2.11. The van der Waals surface area contributed by atoms with Gasteiger partial charge in [-0.3, -0.25) is 4.79 Å². The maximum Gasteiger partial charge on any atom is 0.308 e. The molecule has 0 saturated heterocycles. The number of hydrogen-bond acceptors (Lipinski definition) is 8. The molecule has 2 unspecified atom stereocenters. The van der Waals surface area contributed by atoms with Crippen LogP contribution >= 0.6 is 0 Å². The molecule has 2 atom stereocenters. The molecule has 5 aromatic rings. The smallest absolute Gasteiger partial charge is 0.308 e.